The molecule has 106 valence electrons. The molecule has 2 atom stereocenters. The maximum Gasteiger partial charge on any atom is 0.234 e. The molecule has 0 radical (unpaired) electrons. The predicted molar refractivity (Wildman–Crippen MR) is 72.4 cm³/mol. The van der Waals surface area contributed by atoms with Crippen molar-refractivity contribution in [3.8, 4) is 0 Å². The summed E-state index contributed by atoms with van der Waals surface area (Å²) in [4.78, 5) is 24.0. The summed E-state index contributed by atoms with van der Waals surface area (Å²) >= 11 is 0. The van der Waals surface area contributed by atoms with Crippen LogP contribution in [0, 0.1) is 17.2 Å². The molecule has 4 heteroatoms. The van der Waals surface area contributed by atoms with Gasteiger partial charge in [-0.15, -0.1) is 0 Å². The lowest BCUT2D eigenvalue weighted by atomic mass is 9.65. The van der Waals surface area contributed by atoms with Crippen molar-refractivity contribution in [2.45, 2.75) is 38.5 Å². The highest BCUT2D eigenvalue weighted by atomic mass is 19.1. The summed E-state index contributed by atoms with van der Waals surface area (Å²) < 4.78 is 14.1. The molecule has 1 aliphatic carbocycles. The highest BCUT2D eigenvalue weighted by molar-refractivity contribution is 6.02. The first kappa shape index (κ1) is 13.3. The van der Waals surface area contributed by atoms with Gasteiger partial charge in [0.2, 0.25) is 11.8 Å². The first-order valence-corrected chi connectivity index (χ1v) is 7.08. The van der Waals surface area contributed by atoms with Gasteiger partial charge in [-0.25, -0.2) is 4.39 Å². The van der Waals surface area contributed by atoms with Gasteiger partial charge in [0, 0.05) is 12.0 Å². The van der Waals surface area contributed by atoms with E-state index in [4.69, 9.17) is 0 Å². The lowest BCUT2D eigenvalue weighted by Gasteiger charge is -2.40. The fourth-order valence-corrected chi connectivity index (χ4v) is 3.44. The first-order valence-electron chi connectivity index (χ1n) is 7.08. The van der Waals surface area contributed by atoms with Gasteiger partial charge in [-0.1, -0.05) is 38.0 Å². The monoisotopic (exact) mass is 275 g/mol. The fraction of sp³-hybridized carbons (Fsp3) is 0.500. The molecule has 2 aliphatic rings. The lowest BCUT2D eigenvalue weighted by molar-refractivity contribution is -0.140. The smallest absolute Gasteiger partial charge is 0.234 e. The van der Waals surface area contributed by atoms with Crippen molar-refractivity contribution in [1.82, 2.24) is 5.32 Å². The standard InChI is InChI=1S/C16H18FNO2/c1-16(8-10-6-7-10)9-13(19)18-15(20)14(16)11-4-2-3-5-12(11)17/h2-5,10,14H,6-9H2,1H3,(H,18,19,20). The zero-order chi connectivity index (χ0) is 14.3. The van der Waals surface area contributed by atoms with Crippen LogP contribution in [-0.2, 0) is 9.59 Å². The van der Waals surface area contributed by atoms with Crippen molar-refractivity contribution in [1.29, 1.82) is 0 Å². The summed E-state index contributed by atoms with van der Waals surface area (Å²) in [5.41, 5.74) is -0.0800. The van der Waals surface area contributed by atoms with Gasteiger partial charge in [-0.3, -0.25) is 14.9 Å². The molecule has 1 N–H and O–H groups in total. The van der Waals surface area contributed by atoms with Crippen LogP contribution < -0.4 is 5.32 Å². The molecule has 2 unspecified atom stereocenters. The number of carbonyl (C=O) groups excluding carboxylic acids is 2. The van der Waals surface area contributed by atoms with Crippen LogP contribution in [0.25, 0.3) is 0 Å². The molecular weight excluding hydrogens is 257 g/mol. The van der Waals surface area contributed by atoms with E-state index in [1.165, 1.54) is 6.07 Å². The predicted octanol–water partition coefficient (Wildman–Crippen LogP) is 2.76. The van der Waals surface area contributed by atoms with E-state index in [9.17, 15) is 14.0 Å². The van der Waals surface area contributed by atoms with Gasteiger partial charge in [0.05, 0.1) is 5.92 Å². The number of halogens is 1. The van der Waals surface area contributed by atoms with Gasteiger partial charge in [0.15, 0.2) is 0 Å². The molecule has 1 saturated carbocycles. The van der Waals surface area contributed by atoms with E-state index in [1.807, 2.05) is 6.92 Å². The molecule has 2 amide bonds. The number of carbonyl (C=O) groups is 2. The minimum Gasteiger partial charge on any atom is -0.296 e. The van der Waals surface area contributed by atoms with Crippen LogP contribution in [0.5, 0.6) is 0 Å². The van der Waals surface area contributed by atoms with Crippen molar-refractivity contribution >= 4 is 11.8 Å². The summed E-state index contributed by atoms with van der Waals surface area (Å²) in [6.45, 7) is 1.94. The zero-order valence-electron chi connectivity index (χ0n) is 11.5. The second-order valence-electron chi connectivity index (χ2n) is 6.35. The number of imide groups is 1. The largest absolute Gasteiger partial charge is 0.296 e. The first-order chi connectivity index (χ1) is 9.49. The minimum atomic E-state index is -0.581. The van der Waals surface area contributed by atoms with E-state index in [-0.39, 0.29) is 24.1 Å². The Morgan fingerprint density at radius 1 is 1.30 bits per heavy atom. The maximum absolute atomic E-state index is 14.1. The Morgan fingerprint density at radius 2 is 2.00 bits per heavy atom. The molecule has 2 fully saturated rings. The molecule has 0 bridgehead atoms. The van der Waals surface area contributed by atoms with Crippen LogP contribution in [0.2, 0.25) is 0 Å². The van der Waals surface area contributed by atoms with Gasteiger partial charge >= 0.3 is 0 Å². The zero-order valence-corrected chi connectivity index (χ0v) is 11.5. The average molecular weight is 275 g/mol. The normalized spacial score (nSPS) is 30.2. The van der Waals surface area contributed by atoms with Gasteiger partial charge in [0.1, 0.15) is 5.82 Å². The van der Waals surface area contributed by atoms with Crippen LogP contribution in [0.1, 0.15) is 44.1 Å². The highest BCUT2D eigenvalue weighted by Crippen LogP contribution is 2.51. The van der Waals surface area contributed by atoms with Gasteiger partial charge in [-0.2, -0.15) is 0 Å². The number of benzene rings is 1. The lowest BCUT2D eigenvalue weighted by Crippen LogP contribution is -2.50. The highest BCUT2D eigenvalue weighted by Gasteiger charge is 2.49. The van der Waals surface area contributed by atoms with Gasteiger partial charge in [-0.05, 0) is 23.8 Å². The Bertz CT molecular complexity index is 567. The topological polar surface area (TPSA) is 46.2 Å². The molecule has 0 spiro atoms. The van der Waals surface area contributed by atoms with Crippen molar-refractivity contribution in [2.24, 2.45) is 11.3 Å². The molecule has 1 aromatic carbocycles. The summed E-state index contributed by atoms with van der Waals surface area (Å²) in [5, 5.41) is 2.36. The van der Waals surface area contributed by atoms with E-state index in [0.29, 0.717) is 11.5 Å². The second kappa shape index (κ2) is 4.69. The van der Waals surface area contributed by atoms with Crippen molar-refractivity contribution in [2.75, 3.05) is 0 Å². The van der Waals surface area contributed by atoms with Crippen molar-refractivity contribution in [3.63, 3.8) is 0 Å². The maximum atomic E-state index is 14.1. The third kappa shape index (κ3) is 2.35. The summed E-state index contributed by atoms with van der Waals surface area (Å²) in [7, 11) is 0. The second-order valence-corrected chi connectivity index (χ2v) is 6.35. The molecule has 20 heavy (non-hydrogen) atoms. The summed E-state index contributed by atoms with van der Waals surface area (Å²) in [6, 6.07) is 6.37. The van der Waals surface area contributed by atoms with Crippen LogP contribution in [-0.4, -0.2) is 11.8 Å². The molecule has 0 aromatic heterocycles. The van der Waals surface area contributed by atoms with Gasteiger partial charge in [0.25, 0.3) is 0 Å². The Morgan fingerprint density at radius 3 is 2.65 bits per heavy atom. The van der Waals surface area contributed by atoms with Crippen LogP contribution >= 0.6 is 0 Å². The summed E-state index contributed by atoms with van der Waals surface area (Å²) in [5.74, 6) is -0.987. The number of hydrogen-bond donors (Lipinski definition) is 1. The van der Waals surface area contributed by atoms with Gasteiger partial charge < -0.3 is 0 Å². The fourth-order valence-electron chi connectivity index (χ4n) is 3.44. The number of piperidine rings is 1. The van der Waals surface area contributed by atoms with Crippen LogP contribution in [0.15, 0.2) is 24.3 Å². The van der Waals surface area contributed by atoms with E-state index < -0.39 is 11.3 Å². The molecule has 1 aliphatic heterocycles. The molecule has 1 heterocycles. The SMILES string of the molecule is CC1(CC2CC2)CC(=O)NC(=O)C1c1ccccc1F. The third-order valence-electron chi connectivity index (χ3n) is 4.45. The molecule has 3 nitrogen and oxygen atoms in total. The Labute approximate surface area is 117 Å². The molecule has 1 saturated heterocycles. The summed E-state index contributed by atoms with van der Waals surface area (Å²) in [6.07, 6.45) is 3.39. The third-order valence-corrected chi connectivity index (χ3v) is 4.45. The Hall–Kier alpha value is -1.71. The number of nitrogens with one attached hydrogen (secondary N) is 1. The van der Waals surface area contributed by atoms with E-state index in [2.05, 4.69) is 5.32 Å². The van der Waals surface area contributed by atoms with Crippen molar-refractivity contribution in [3.05, 3.63) is 35.6 Å². The molecule has 3 rings (SSSR count). The molecular formula is C16H18FNO2. The Balaban J connectivity index is 2.01. The van der Waals surface area contributed by atoms with Crippen molar-refractivity contribution < 1.29 is 14.0 Å². The van der Waals surface area contributed by atoms with Crippen LogP contribution in [0.4, 0.5) is 4.39 Å². The van der Waals surface area contributed by atoms with E-state index >= 15 is 0 Å². The minimum absolute atomic E-state index is 0.245. The number of rotatable bonds is 3. The number of amides is 2. The van der Waals surface area contributed by atoms with Crippen LogP contribution in [0.3, 0.4) is 0 Å². The van der Waals surface area contributed by atoms with E-state index in [0.717, 1.165) is 19.3 Å². The Kier molecular flexibility index (Phi) is 3.11. The van der Waals surface area contributed by atoms with E-state index in [1.54, 1.807) is 18.2 Å². The number of hydrogen-bond acceptors (Lipinski definition) is 2. The quantitative estimate of drug-likeness (QED) is 0.862. The molecule has 1 aromatic rings. The average Bonchev–Trinajstić information content (AvgIpc) is 3.13.